The van der Waals surface area contributed by atoms with Gasteiger partial charge in [-0.1, -0.05) is 6.92 Å². The molecule has 0 radical (unpaired) electrons. The van der Waals surface area contributed by atoms with Crippen LogP contribution in [-0.2, 0) is 9.53 Å². The summed E-state index contributed by atoms with van der Waals surface area (Å²) >= 11 is 0. The van der Waals surface area contributed by atoms with Crippen molar-refractivity contribution in [1.82, 2.24) is 0 Å². The SMILES string of the molecule is COC1=CC(=O)[C@@](C)(CO)CC1. The van der Waals surface area contributed by atoms with Gasteiger partial charge in [0.25, 0.3) is 0 Å². The van der Waals surface area contributed by atoms with Crippen molar-refractivity contribution in [3.05, 3.63) is 11.8 Å². The molecule has 68 valence electrons. The molecule has 0 unspecified atom stereocenters. The van der Waals surface area contributed by atoms with E-state index in [1.165, 1.54) is 6.08 Å². The number of rotatable bonds is 2. The van der Waals surface area contributed by atoms with Gasteiger partial charge in [-0.3, -0.25) is 4.79 Å². The van der Waals surface area contributed by atoms with Crippen LogP contribution in [-0.4, -0.2) is 24.6 Å². The zero-order chi connectivity index (χ0) is 9.19. The average molecular weight is 170 g/mol. The number of aliphatic hydroxyl groups is 1. The normalized spacial score (nSPS) is 29.9. The Kier molecular flexibility index (Phi) is 2.52. The first-order valence-electron chi connectivity index (χ1n) is 4.02. The van der Waals surface area contributed by atoms with E-state index in [0.717, 1.165) is 6.42 Å². The Morgan fingerprint density at radius 1 is 1.75 bits per heavy atom. The van der Waals surface area contributed by atoms with E-state index in [0.29, 0.717) is 12.2 Å². The van der Waals surface area contributed by atoms with Gasteiger partial charge in [-0.15, -0.1) is 0 Å². The lowest BCUT2D eigenvalue weighted by atomic mass is 9.78. The predicted octanol–water partition coefficient (Wildman–Crippen LogP) is 0.878. The number of methoxy groups -OCH3 is 1. The van der Waals surface area contributed by atoms with E-state index in [-0.39, 0.29) is 12.4 Å². The van der Waals surface area contributed by atoms with Gasteiger partial charge in [-0.05, 0) is 6.42 Å². The Balaban J connectivity index is 2.80. The summed E-state index contributed by atoms with van der Waals surface area (Å²) in [7, 11) is 1.56. The smallest absolute Gasteiger partial charge is 0.167 e. The van der Waals surface area contributed by atoms with Crippen molar-refractivity contribution in [2.75, 3.05) is 13.7 Å². The molecule has 0 saturated carbocycles. The molecule has 3 heteroatoms. The summed E-state index contributed by atoms with van der Waals surface area (Å²) in [6.07, 6.45) is 2.89. The van der Waals surface area contributed by atoms with E-state index in [4.69, 9.17) is 9.84 Å². The standard InChI is InChI=1S/C9H14O3/c1-9(6-10)4-3-7(12-2)5-8(9)11/h5,10H,3-4,6H2,1-2H3/t9-/m1/s1. The maximum absolute atomic E-state index is 11.4. The summed E-state index contributed by atoms with van der Waals surface area (Å²) < 4.78 is 4.96. The Morgan fingerprint density at radius 2 is 2.42 bits per heavy atom. The highest BCUT2D eigenvalue weighted by atomic mass is 16.5. The number of carbonyl (C=O) groups is 1. The molecular weight excluding hydrogens is 156 g/mol. The van der Waals surface area contributed by atoms with Crippen LogP contribution < -0.4 is 0 Å². The maximum Gasteiger partial charge on any atom is 0.167 e. The first-order valence-corrected chi connectivity index (χ1v) is 4.02. The van der Waals surface area contributed by atoms with E-state index in [1.54, 1.807) is 14.0 Å². The lowest BCUT2D eigenvalue weighted by molar-refractivity contribution is -0.126. The van der Waals surface area contributed by atoms with Crippen LogP contribution in [0.25, 0.3) is 0 Å². The molecule has 0 aromatic heterocycles. The van der Waals surface area contributed by atoms with Gasteiger partial charge in [-0.25, -0.2) is 0 Å². The molecule has 1 aliphatic carbocycles. The molecule has 1 rings (SSSR count). The van der Waals surface area contributed by atoms with Crippen molar-refractivity contribution in [3.8, 4) is 0 Å². The van der Waals surface area contributed by atoms with E-state index < -0.39 is 5.41 Å². The summed E-state index contributed by atoms with van der Waals surface area (Å²) in [5.41, 5.74) is -0.581. The van der Waals surface area contributed by atoms with Crippen LogP contribution in [0.1, 0.15) is 19.8 Å². The van der Waals surface area contributed by atoms with Crippen LogP contribution in [0.5, 0.6) is 0 Å². The summed E-state index contributed by atoms with van der Waals surface area (Å²) in [4.78, 5) is 11.4. The van der Waals surface area contributed by atoms with Crippen molar-refractivity contribution in [2.45, 2.75) is 19.8 Å². The molecule has 0 saturated heterocycles. The third kappa shape index (κ3) is 1.50. The van der Waals surface area contributed by atoms with E-state index >= 15 is 0 Å². The van der Waals surface area contributed by atoms with Crippen molar-refractivity contribution in [1.29, 1.82) is 0 Å². The molecular formula is C9H14O3. The zero-order valence-electron chi connectivity index (χ0n) is 7.46. The maximum atomic E-state index is 11.4. The molecule has 1 N–H and O–H groups in total. The van der Waals surface area contributed by atoms with Crippen LogP contribution in [0.15, 0.2) is 11.8 Å². The van der Waals surface area contributed by atoms with Crippen LogP contribution in [0.4, 0.5) is 0 Å². The van der Waals surface area contributed by atoms with E-state index in [9.17, 15) is 4.79 Å². The fraction of sp³-hybridized carbons (Fsp3) is 0.667. The third-order valence-corrected chi connectivity index (χ3v) is 2.42. The topological polar surface area (TPSA) is 46.5 Å². The minimum atomic E-state index is -0.581. The van der Waals surface area contributed by atoms with Gasteiger partial charge in [-0.2, -0.15) is 0 Å². The van der Waals surface area contributed by atoms with Crippen molar-refractivity contribution >= 4 is 5.78 Å². The van der Waals surface area contributed by atoms with Crippen LogP contribution in [0.2, 0.25) is 0 Å². The second kappa shape index (κ2) is 3.27. The van der Waals surface area contributed by atoms with Crippen LogP contribution in [0.3, 0.4) is 0 Å². The quantitative estimate of drug-likeness (QED) is 0.669. The van der Waals surface area contributed by atoms with Gasteiger partial charge in [0.1, 0.15) is 0 Å². The third-order valence-electron chi connectivity index (χ3n) is 2.42. The predicted molar refractivity (Wildman–Crippen MR) is 44.5 cm³/mol. The Bertz CT molecular complexity index is 220. The van der Waals surface area contributed by atoms with E-state index in [2.05, 4.69) is 0 Å². The molecule has 0 heterocycles. The molecule has 12 heavy (non-hydrogen) atoms. The second-order valence-electron chi connectivity index (χ2n) is 3.40. The summed E-state index contributed by atoms with van der Waals surface area (Å²) in [5, 5.41) is 8.99. The average Bonchev–Trinajstić information content (AvgIpc) is 2.10. The van der Waals surface area contributed by atoms with Crippen LogP contribution >= 0.6 is 0 Å². The van der Waals surface area contributed by atoms with Gasteiger partial charge in [0, 0.05) is 12.5 Å². The lowest BCUT2D eigenvalue weighted by Gasteiger charge is -2.28. The highest BCUT2D eigenvalue weighted by Gasteiger charge is 2.34. The number of carbonyl (C=O) groups excluding carboxylic acids is 1. The number of ether oxygens (including phenoxy) is 1. The second-order valence-corrected chi connectivity index (χ2v) is 3.40. The van der Waals surface area contributed by atoms with Gasteiger partial charge in [0.15, 0.2) is 5.78 Å². The first-order chi connectivity index (χ1) is 5.62. The molecule has 1 atom stereocenters. The minimum Gasteiger partial charge on any atom is -0.501 e. The lowest BCUT2D eigenvalue weighted by Crippen LogP contribution is -2.33. The molecule has 0 fully saturated rings. The van der Waals surface area contributed by atoms with E-state index in [1.807, 2.05) is 0 Å². The Morgan fingerprint density at radius 3 is 2.83 bits per heavy atom. The molecule has 0 aliphatic heterocycles. The van der Waals surface area contributed by atoms with Gasteiger partial charge >= 0.3 is 0 Å². The number of allylic oxidation sites excluding steroid dienone is 2. The number of hydrogen-bond acceptors (Lipinski definition) is 3. The summed E-state index contributed by atoms with van der Waals surface area (Å²) in [5.74, 6) is 0.680. The van der Waals surface area contributed by atoms with Gasteiger partial charge < -0.3 is 9.84 Å². The molecule has 0 spiro atoms. The fourth-order valence-corrected chi connectivity index (χ4v) is 1.23. The minimum absolute atomic E-state index is 0.0342. The van der Waals surface area contributed by atoms with Crippen molar-refractivity contribution in [2.24, 2.45) is 5.41 Å². The Labute approximate surface area is 72.0 Å². The summed E-state index contributed by atoms with van der Waals surface area (Å²) in [6.45, 7) is 1.69. The molecule has 0 amide bonds. The highest BCUT2D eigenvalue weighted by Crippen LogP contribution is 2.31. The molecule has 1 aliphatic rings. The molecule has 0 bridgehead atoms. The molecule has 3 nitrogen and oxygen atoms in total. The fourth-order valence-electron chi connectivity index (χ4n) is 1.23. The summed E-state index contributed by atoms with van der Waals surface area (Å²) in [6, 6.07) is 0. The van der Waals surface area contributed by atoms with Gasteiger partial charge in [0.2, 0.25) is 0 Å². The van der Waals surface area contributed by atoms with Crippen LogP contribution in [0, 0.1) is 5.41 Å². The van der Waals surface area contributed by atoms with Crippen molar-refractivity contribution in [3.63, 3.8) is 0 Å². The Hall–Kier alpha value is -0.830. The largest absolute Gasteiger partial charge is 0.501 e. The molecule has 0 aromatic rings. The number of hydrogen-bond donors (Lipinski definition) is 1. The highest BCUT2D eigenvalue weighted by molar-refractivity contribution is 5.95. The van der Waals surface area contributed by atoms with Crippen molar-refractivity contribution < 1.29 is 14.6 Å². The monoisotopic (exact) mass is 170 g/mol. The first kappa shape index (κ1) is 9.26. The molecule has 0 aromatic carbocycles. The number of aliphatic hydroxyl groups excluding tert-OH is 1. The van der Waals surface area contributed by atoms with Gasteiger partial charge in [0.05, 0.1) is 24.9 Å². The number of ketones is 1. The zero-order valence-corrected chi connectivity index (χ0v) is 7.46.